The summed E-state index contributed by atoms with van der Waals surface area (Å²) in [7, 11) is 0. The van der Waals surface area contributed by atoms with Crippen molar-refractivity contribution in [3.63, 3.8) is 0 Å². The van der Waals surface area contributed by atoms with Crippen LogP contribution in [0.1, 0.15) is 0 Å². The smallest absolute Gasteiger partial charge is 0.143 e. The lowest BCUT2D eigenvalue weighted by Gasteiger charge is -2.28. The van der Waals surface area contributed by atoms with Crippen LogP contribution in [0.5, 0.6) is 0 Å². The van der Waals surface area contributed by atoms with Gasteiger partial charge in [0.2, 0.25) is 0 Å². The maximum atomic E-state index is 6.39. The van der Waals surface area contributed by atoms with Crippen LogP contribution in [0.4, 0.5) is 17.1 Å². The van der Waals surface area contributed by atoms with Gasteiger partial charge in [-0.3, -0.25) is 0 Å². The molecule has 0 bridgehead atoms. The first-order chi connectivity index (χ1) is 23.8. The van der Waals surface area contributed by atoms with E-state index in [2.05, 4.69) is 181 Å². The zero-order valence-corrected chi connectivity index (χ0v) is 26.3. The molecular formula is C46H31NO. The Morgan fingerprint density at radius 3 is 1.85 bits per heavy atom. The molecule has 0 spiro atoms. The third-order valence-electron chi connectivity index (χ3n) is 9.28. The molecule has 0 saturated carbocycles. The summed E-state index contributed by atoms with van der Waals surface area (Å²) in [6.07, 6.45) is 0. The van der Waals surface area contributed by atoms with E-state index in [9.17, 15) is 0 Å². The van der Waals surface area contributed by atoms with Gasteiger partial charge in [0.1, 0.15) is 11.2 Å². The van der Waals surface area contributed by atoms with Gasteiger partial charge in [-0.05, 0) is 69.4 Å². The molecule has 2 heteroatoms. The second kappa shape index (κ2) is 11.8. The van der Waals surface area contributed by atoms with Crippen molar-refractivity contribution >= 4 is 49.8 Å². The minimum atomic E-state index is 0.909. The predicted octanol–water partition coefficient (Wildman–Crippen LogP) is 13.2. The average Bonchev–Trinajstić information content (AvgIpc) is 3.55. The first kappa shape index (κ1) is 27.9. The highest BCUT2D eigenvalue weighted by atomic mass is 16.3. The SMILES string of the molecule is c1ccc(-c2ccccc2N(c2ccc(-c3cccc4c3oc3ccccc34)cc2)c2cccc(-c3cccc4ccccc34)c2)cc1. The number of fused-ring (bicyclic) bond motifs is 4. The molecule has 48 heavy (non-hydrogen) atoms. The van der Waals surface area contributed by atoms with Gasteiger partial charge in [-0.15, -0.1) is 0 Å². The van der Waals surface area contributed by atoms with Gasteiger partial charge < -0.3 is 9.32 Å². The summed E-state index contributed by atoms with van der Waals surface area (Å²) >= 11 is 0. The second-order valence-corrected chi connectivity index (χ2v) is 12.1. The highest BCUT2D eigenvalue weighted by Gasteiger charge is 2.19. The molecule has 226 valence electrons. The van der Waals surface area contributed by atoms with E-state index in [1.165, 1.54) is 33.0 Å². The van der Waals surface area contributed by atoms with Crippen LogP contribution in [0.3, 0.4) is 0 Å². The van der Waals surface area contributed by atoms with E-state index in [1.807, 2.05) is 12.1 Å². The molecular weight excluding hydrogens is 583 g/mol. The number of rotatable bonds is 6. The van der Waals surface area contributed by atoms with Crippen molar-refractivity contribution < 1.29 is 4.42 Å². The van der Waals surface area contributed by atoms with E-state index >= 15 is 0 Å². The van der Waals surface area contributed by atoms with Crippen molar-refractivity contribution in [3.05, 3.63) is 188 Å². The molecule has 0 radical (unpaired) electrons. The number of nitrogens with zero attached hydrogens (tertiary/aromatic N) is 1. The lowest BCUT2D eigenvalue weighted by Crippen LogP contribution is -2.11. The molecule has 0 saturated heterocycles. The summed E-state index contributed by atoms with van der Waals surface area (Å²) in [5, 5.41) is 4.76. The summed E-state index contributed by atoms with van der Waals surface area (Å²) in [5.74, 6) is 0. The van der Waals surface area contributed by atoms with Crippen LogP contribution in [0.2, 0.25) is 0 Å². The minimum Gasteiger partial charge on any atom is -0.455 e. The largest absolute Gasteiger partial charge is 0.455 e. The summed E-state index contributed by atoms with van der Waals surface area (Å²) < 4.78 is 6.39. The Bertz CT molecular complexity index is 2560. The summed E-state index contributed by atoms with van der Waals surface area (Å²) in [4.78, 5) is 2.38. The molecule has 0 fully saturated rings. The number of para-hydroxylation sites is 3. The molecule has 0 aliphatic rings. The van der Waals surface area contributed by atoms with E-state index < -0.39 is 0 Å². The Balaban J connectivity index is 1.21. The molecule has 1 aromatic heterocycles. The summed E-state index contributed by atoms with van der Waals surface area (Å²) in [6, 6.07) is 66.9. The van der Waals surface area contributed by atoms with Gasteiger partial charge in [-0.25, -0.2) is 0 Å². The zero-order valence-electron chi connectivity index (χ0n) is 26.3. The second-order valence-electron chi connectivity index (χ2n) is 12.1. The van der Waals surface area contributed by atoms with E-state index in [0.717, 1.165) is 50.1 Å². The summed E-state index contributed by atoms with van der Waals surface area (Å²) in [6.45, 7) is 0. The quantitative estimate of drug-likeness (QED) is 0.185. The topological polar surface area (TPSA) is 16.4 Å². The third-order valence-corrected chi connectivity index (χ3v) is 9.28. The van der Waals surface area contributed by atoms with Crippen molar-refractivity contribution in [1.82, 2.24) is 0 Å². The maximum Gasteiger partial charge on any atom is 0.143 e. The Morgan fingerprint density at radius 1 is 0.354 bits per heavy atom. The maximum absolute atomic E-state index is 6.39. The van der Waals surface area contributed by atoms with E-state index in [-0.39, 0.29) is 0 Å². The Hall–Kier alpha value is -6.38. The van der Waals surface area contributed by atoms with Gasteiger partial charge in [0.05, 0.1) is 5.69 Å². The van der Waals surface area contributed by atoms with Crippen molar-refractivity contribution in [3.8, 4) is 33.4 Å². The molecule has 0 aliphatic heterocycles. The predicted molar refractivity (Wildman–Crippen MR) is 202 cm³/mol. The number of furan rings is 1. The summed E-state index contributed by atoms with van der Waals surface area (Å²) in [5.41, 5.74) is 12.1. The molecule has 8 aromatic carbocycles. The van der Waals surface area contributed by atoms with Crippen molar-refractivity contribution in [2.75, 3.05) is 4.90 Å². The number of hydrogen-bond acceptors (Lipinski definition) is 2. The van der Waals surface area contributed by atoms with E-state index in [4.69, 9.17) is 4.42 Å². The standard InChI is InChI=1S/C46H31NO/c1-2-13-33(14-3-1)40-20-6-8-25-44(40)47(37-18-10-17-35(31-37)39-22-11-16-32-15-4-5-19-38(32)39)36-29-27-34(28-30-36)41-23-12-24-43-42-21-7-9-26-45(42)48-46(41)43/h1-31H. The fourth-order valence-electron chi connectivity index (χ4n) is 7.01. The molecule has 0 atom stereocenters. The molecule has 0 unspecified atom stereocenters. The van der Waals surface area contributed by atoms with Crippen LogP contribution in [0.25, 0.3) is 66.1 Å². The van der Waals surface area contributed by atoms with Gasteiger partial charge in [-0.1, -0.05) is 152 Å². The molecule has 0 aliphatic carbocycles. The number of benzene rings is 8. The van der Waals surface area contributed by atoms with Gasteiger partial charge in [0.15, 0.2) is 0 Å². The number of hydrogen-bond donors (Lipinski definition) is 0. The highest BCUT2D eigenvalue weighted by molar-refractivity contribution is 6.09. The van der Waals surface area contributed by atoms with E-state index in [1.54, 1.807) is 0 Å². The van der Waals surface area contributed by atoms with Crippen molar-refractivity contribution in [2.24, 2.45) is 0 Å². The van der Waals surface area contributed by atoms with Crippen LogP contribution < -0.4 is 4.90 Å². The molecule has 9 aromatic rings. The first-order valence-corrected chi connectivity index (χ1v) is 16.4. The van der Waals surface area contributed by atoms with Gasteiger partial charge in [-0.2, -0.15) is 0 Å². The normalized spacial score (nSPS) is 11.3. The molecule has 9 rings (SSSR count). The van der Waals surface area contributed by atoms with Crippen LogP contribution in [0.15, 0.2) is 192 Å². The fourth-order valence-corrected chi connectivity index (χ4v) is 7.01. The van der Waals surface area contributed by atoms with Crippen molar-refractivity contribution in [2.45, 2.75) is 0 Å². The highest BCUT2D eigenvalue weighted by Crippen LogP contribution is 2.43. The Morgan fingerprint density at radius 2 is 0.958 bits per heavy atom. The third kappa shape index (κ3) is 4.83. The lowest BCUT2D eigenvalue weighted by atomic mass is 9.97. The minimum absolute atomic E-state index is 0.909. The fraction of sp³-hybridized carbons (Fsp3) is 0. The lowest BCUT2D eigenvalue weighted by molar-refractivity contribution is 0.670. The number of anilines is 3. The van der Waals surface area contributed by atoms with Gasteiger partial charge in [0.25, 0.3) is 0 Å². The average molecular weight is 614 g/mol. The molecule has 2 nitrogen and oxygen atoms in total. The molecule has 1 heterocycles. The zero-order chi connectivity index (χ0) is 31.9. The Kier molecular flexibility index (Phi) is 6.84. The van der Waals surface area contributed by atoms with Crippen LogP contribution >= 0.6 is 0 Å². The van der Waals surface area contributed by atoms with Gasteiger partial charge >= 0.3 is 0 Å². The van der Waals surface area contributed by atoms with E-state index in [0.29, 0.717) is 0 Å². The molecule has 0 N–H and O–H groups in total. The van der Waals surface area contributed by atoms with Crippen molar-refractivity contribution in [1.29, 1.82) is 0 Å². The van der Waals surface area contributed by atoms with Crippen LogP contribution in [-0.4, -0.2) is 0 Å². The van der Waals surface area contributed by atoms with Crippen LogP contribution in [-0.2, 0) is 0 Å². The van der Waals surface area contributed by atoms with Crippen LogP contribution in [0, 0.1) is 0 Å². The van der Waals surface area contributed by atoms with Gasteiger partial charge in [0, 0.05) is 33.3 Å². The monoisotopic (exact) mass is 613 g/mol. The molecule has 0 amide bonds. The Labute approximate surface area is 279 Å². The first-order valence-electron chi connectivity index (χ1n) is 16.4.